The Balaban J connectivity index is 1.50. The van der Waals surface area contributed by atoms with Crippen molar-refractivity contribution in [3.8, 4) is 11.5 Å². The van der Waals surface area contributed by atoms with Crippen molar-refractivity contribution in [1.29, 1.82) is 0 Å². The highest BCUT2D eigenvalue weighted by Gasteiger charge is 2.25. The molecule has 2 amide bonds. The number of methoxy groups -OCH3 is 1. The number of carbonyl (C=O) groups is 2. The molecule has 3 rings (SSSR count). The van der Waals surface area contributed by atoms with Gasteiger partial charge < -0.3 is 19.7 Å². The molecule has 0 spiro atoms. The quantitative estimate of drug-likeness (QED) is 0.879. The molecule has 1 fully saturated rings. The highest BCUT2D eigenvalue weighted by molar-refractivity contribution is 5.85. The Kier molecular flexibility index (Phi) is 4.69. The Hall–Kier alpha value is -2.24. The molecule has 0 aliphatic carbocycles. The number of rotatable bonds is 5. The van der Waals surface area contributed by atoms with Gasteiger partial charge >= 0.3 is 0 Å². The average Bonchev–Trinajstić information content (AvgIpc) is 2.97. The zero-order valence-electron chi connectivity index (χ0n) is 13.3. The molecule has 0 aromatic heterocycles. The number of nitrogens with one attached hydrogen (secondary N) is 1. The van der Waals surface area contributed by atoms with Crippen molar-refractivity contribution in [3.05, 3.63) is 23.8 Å². The highest BCUT2D eigenvalue weighted by Crippen LogP contribution is 2.35. The minimum Gasteiger partial charge on any atom is -0.493 e. The van der Waals surface area contributed by atoms with Crippen molar-refractivity contribution in [2.75, 3.05) is 33.4 Å². The number of amides is 2. The maximum atomic E-state index is 12.0. The van der Waals surface area contributed by atoms with Crippen molar-refractivity contribution >= 4 is 11.8 Å². The lowest BCUT2D eigenvalue weighted by Gasteiger charge is -2.27. The van der Waals surface area contributed by atoms with Crippen LogP contribution in [-0.4, -0.2) is 50.1 Å². The van der Waals surface area contributed by atoms with E-state index in [9.17, 15) is 9.59 Å². The van der Waals surface area contributed by atoms with Gasteiger partial charge in [-0.05, 0) is 24.5 Å². The summed E-state index contributed by atoms with van der Waals surface area (Å²) in [5.74, 6) is 1.75. The number of ether oxygens (including phenoxy) is 2. The largest absolute Gasteiger partial charge is 0.493 e. The Labute approximate surface area is 135 Å². The van der Waals surface area contributed by atoms with Crippen LogP contribution in [0.4, 0.5) is 0 Å². The Morgan fingerprint density at radius 3 is 3.09 bits per heavy atom. The summed E-state index contributed by atoms with van der Waals surface area (Å²) in [5.41, 5.74) is 1.10. The van der Waals surface area contributed by atoms with Crippen LogP contribution in [0.2, 0.25) is 0 Å². The van der Waals surface area contributed by atoms with E-state index in [4.69, 9.17) is 9.47 Å². The number of likely N-dealkylation sites (tertiary alicyclic amines) is 1. The third kappa shape index (κ3) is 3.57. The summed E-state index contributed by atoms with van der Waals surface area (Å²) in [6, 6.07) is 5.85. The second kappa shape index (κ2) is 6.89. The maximum absolute atomic E-state index is 12.0. The topological polar surface area (TPSA) is 67.9 Å². The van der Waals surface area contributed by atoms with Gasteiger partial charge in [0.15, 0.2) is 11.5 Å². The monoisotopic (exact) mass is 318 g/mol. The molecular formula is C17H22N2O4. The molecule has 1 atom stereocenters. The summed E-state index contributed by atoms with van der Waals surface area (Å²) in [6.07, 6.45) is 2.25. The predicted molar refractivity (Wildman–Crippen MR) is 84.5 cm³/mol. The number of benzene rings is 1. The first-order valence-electron chi connectivity index (χ1n) is 8.00. The van der Waals surface area contributed by atoms with E-state index < -0.39 is 0 Å². The van der Waals surface area contributed by atoms with Crippen molar-refractivity contribution in [2.24, 2.45) is 5.92 Å². The molecule has 2 aliphatic rings. The third-order valence-electron chi connectivity index (χ3n) is 4.35. The van der Waals surface area contributed by atoms with E-state index in [-0.39, 0.29) is 24.3 Å². The number of nitrogens with zero attached hydrogens (tertiary/aromatic N) is 1. The average molecular weight is 318 g/mol. The van der Waals surface area contributed by atoms with E-state index in [2.05, 4.69) is 5.32 Å². The van der Waals surface area contributed by atoms with Crippen molar-refractivity contribution in [1.82, 2.24) is 10.2 Å². The first kappa shape index (κ1) is 15.6. The molecule has 1 N–H and O–H groups in total. The number of para-hydroxylation sites is 1. The molecule has 124 valence electrons. The molecule has 0 unspecified atom stereocenters. The first-order valence-corrected chi connectivity index (χ1v) is 8.00. The Morgan fingerprint density at radius 2 is 2.35 bits per heavy atom. The number of hydrogen-bond acceptors (Lipinski definition) is 4. The second-order valence-corrected chi connectivity index (χ2v) is 6.05. The van der Waals surface area contributed by atoms with Crippen molar-refractivity contribution < 1.29 is 19.1 Å². The smallest absolute Gasteiger partial charge is 0.239 e. The second-order valence-electron chi connectivity index (χ2n) is 6.05. The molecule has 0 saturated carbocycles. The Morgan fingerprint density at radius 1 is 1.48 bits per heavy atom. The van der Waals surface area contributed by atoms with Crippen LogP contribution in [0.1, 0.15) is 18.4 Å². The lowest BCUT2D eigenvalue weighted by molar-refractivity contribution is -0.133. The van der Waals surface area contributed by atoms with Crippen LogP contribution in [0.3, 0.4) is 0 Å². The molecule has 6 nitrogen and oxygen atoms in total. The third-order valence-corrected chi connectivity index (χ3v) is 4.35. The van der Waals surface area contributed by atoms with Gasteiger partial charge in [0.1, 0.15) is 0 Å². The van der Waals surface area contributed by atoms with E-state index in [0.29, 0.717) is 26.1 Å². The number of hydrogen-bond donors (Lipinski definition) is 1. The fourth-order valence-corrected chi connectivity index (χ4v) is 3.11. The molecule has 1 aromatic carbocycles. The zero-order valence-corrected chi connectivity index (χ0v) is 13.3. The molecule has 1 aromatic rings. The minimum atomic E-state index is -0.100. The van der Waals surface area contributed by atoms with E-state index in [1.54, 1.807) is 12.0 Å². The van der Waals surface area contributed by atoms with Gasteiger partial charge in [-0.1, -0.05) is 12.1 Å². The number of carbonyl (C=O) groups excluding carboxylic acids is 2. The SMILES string of the molecule is COc1cccc2c1OC[C@@H](CNC(=O)CN1CCCC1=O)C2. The molecule has 6 heteroatoms. The highest BCUT2D eigenvalue weighted by atomic mass is 16.5. The predicted octanol–water partition coefficient (Wildman–Crippen LogP) is 0.985. The van der Waals surface area contributed by atoms with Crippen LogP contribution in [0.25, 0.3) is 0 Å². The Bertz CT molecular complexity index is 602. The minimum absolute atomic E-state index is 0.0715. The maximum Gasteiger partial charge on any atom is 0.239 e. The molecule has 1 saturated heterocycles. The summed E-state index contributed by atoms with van der Waals surface area (Å²) < 4.78 is 11.1. The standard InChI is InChI=1S/C17H22N2O4/c1-22-14-5-2-4-13-8-12(11-23-17(13)14)9-18-15(20)10-19-7-3-6-16(19)21/h2,4-5,12H,3,6-11H2,1H3,(H,18,20)/t12-/m1/s1. The van der Waals surface area contributed by atoms with Gasteiger partial charge in [-0.3, -0.25) is 9.59 Å². The van der Waals surface area contributed by atoms with Crippen LogP contribution < -0.4 is 14.8 Å². The van der Waals surface area contributed by atoms with E-state index >= 15 is 0 Å². The summed E-state index contributed by atoms with van der Waals surface area (Å²) in [7, 11) is 1.63. The summed E-state index contributed by atoms with van der Waals surface area (Å²) >= 11 is 0. The van der Waals surface area contributed by atoms with Crippen LogP contribution in [-0.2, 0) is 16.0 Å². The first-order chi connectivity index (χ1) is 11.2. The zero-order chi connectivity index (χ0) is 16.2. The van der Waals surface area contributed by atoms with E-state index in [1.807, 2.05) is 18.2 Å². The van der Waals surface area contributed by atoms with Gasteiger partial charge in [0, 0.05) is 25.4 Å². The van der Waals surface area contributed by atoms with Crippen molar-refractivity contribution in [3.63, 3.8) is 0 Å². The normalized spacial score (nSPS) is 20.0. The fraction of sp³-hybridized carbons (Fsp3) is 0.529. The van der Waals surface area contributed by atoms with Gasteiger partial charge in [0.05, 0.1) is 20.3 Å². The van der Waals surface area contributed by atoms with Crippen LogP contribution in [0.5, 0.6) is 11.5 Å². The van der Waals surface area contributed by atoms with Gasteiger partial charge in [-0.2, -0.15) is 0 Å². The van der Waals surface area contributed by atoms with Gasteiger partial charge in [0.25, 0.3) is 0 Å². The van der Waals surface area contributed by atoms with Gasteiger partial charge in [-0.15, -0.1) is 0 Å². The van der Waals surface area contributed by atoms with Crippen LogP contribution in [0.15, 0.2) is 18.2 Å². The molecule has 2 heterocycles. The van der Waals surface area contributed by atoms with E-state index in [1.165, 1.54) is 0 Å². The van der Waals surface area contributed by atoms with Crippen LogP contribution in [0, 0.1) is 5.92 Å². The molecule has 23 heavy (non-hydrogen) atoms. The lowest BCUT2D eigenvalue weighted by atomic mass is 9.96. The summed E-state index contributed by atoms with van der Waals surface area (Å²) in [5, 5.41) is 2.92. The molecule has 2 aliphatic heterocycles. The molecular weight excluding hydrogens is 296 g/mol. The van der Waals surface area contributed by atoms with Gasteiger partial charge in [-0.25, -0.2) is 0 Å². The summed E-state index contributed by atoms with van der Waals surface area (Å²) in [6.45, 7) is 1.95. The molecule has 0 radical (unpaired) electrons. The fourth-order valence-electron chi connectivity index (χ4n) is 3.11. The lowest BCUT2D eigenvalue weighted by Crippen LogP contribution is -2.41. The number of fused-ring (bicyclic) bond motifs is 1. The summed E-state index contributed by atoms with van der Waals surface area (Å²) in [4.78, 5) is 25.1. The molecule has 0 bridgehead atoms. The van der Waals surface area contributed by atoms with E-state index in [0.717, 1.165) is 29.9 Å². The van der Waals surface area contributed by atoms with Crippen molar-refractivity contribution in [2.45, 2.75) is 19.3 Å². The van der Waals surface area contributed by atoms with Gasteiger partial charge in [0.2, 0.25) is 11.8 Å². The van der Waals surface area contributed by atoms with Crippen LogP contribution >= 0.6 is 0 Å².